The average Bonchev–Trinajstić information content (AvgIpc) is 4.08. The summed E-state index contributed by atoms with van der Waals surface area (Å²) in [4.78, 5) is 0. The second-order valence-electron chi connectivity index (χ2n) is 21.9. The zero-order chi connectivity index (χ0) is 60.7. The number of nitrogens with one attached hydrogen (secondary N) is 3. The zero-order valence-corrected chi connectivity index (χ0v) is 58.8. The van der Waals surface area contributed by atoms with E-state index in [0.717, 1.165) is 19.4 Å². The summed E-state index contributed by atoms with van der Waals surface area (Å²) in [6.07, 6.45) is 0.457. The Morgan fingerprint density at radius 1 is 0.451 bits per heavy atom. The molecule has 0 radical (unpaired) electrons. The van der Waals surface area contributed by atoms with Crippen molar-refractivity contribution in [3.63, 3.8) is 0 Å². The van der Waals surface area contributed by atoms with Gasteiger partial charge >= 0.3 is 54.0 Å². The molecular formula is C60H103ClMgN4O12P4. The summed E-state index contributed by atoms with van der Waals surface area (Å²) in [7, 11) is -12.8. The minimum atomic E-state index is -3.27. The maximum Gasteiger partial charge on any atom is 2.00 e. The van der Waals surface area contributed by atoms with E-state index in [4.69, 9.17) is 36.2 Å². The molecule has 2 unspecified atom stereocenters. The molecule has 82 heavy (non-hydrogen) atoms. The van der Waals surface area contributed by atoms with E-state index in [1.165, 1.54) is 16.7 Å². The molecule has 3 N–H and O–H groups in total. The van der Waals surface area contributed by atoms with Gasteiger partial charge in [-0.05, 0) is 167 Å². The Hall–Kier alpha value is -1.62. The molecule has 1 aliphatic rings. The number of nitrogens with zero attached hydrogens (tertiary/aromatic N) is 1. The fraction of sp³-hybridized carbons (Fsp3) is 0.600. The van der Waals surface area contributed by atoms with Crippen LogP contribution in [-0.2, 0) is 67.3 Å². The van der Waals surface area contributed by atoms with Gasteiger partial charge in [-0.3, -0.25) is 36.2 Å². The first-order chi connectivity index (χ1) is 37.3. The van der Waals surface area contributed by atoms with E-state index in [1.807, 2.05) is 216 Å². The van der Waals surface area contributed by atoms with Crippen molar-refractivity contribution in [3.8, 4) is 0 Å². The number of rotatable bonds is 29. The van der Waals surface area contributed by atoms with Gasteiger partial charge in [-0.2, -0.15) is 36.4 Å². The van der Waals surface area contributed by atoms with Crippen molar-refractivity contribution in [2.24, 2.45) is 0 Å². The van der Waals surface area contributed by atoms with E-state index in [2.05, 4.69) is 64.7 Å². The molecule has 0 saturated carbocycles. The first-order valence-corrected chi connectivity index (χ1v) is 34.4. The predicted octanol–water partition coefficient (Wildman–Crippen LogP) is 13.4. The van der Waals surface area contributed by atoms with Crippen molar-refractivity contribution < 1.29 is 66.9 Å². The summed E-state index contributed by atoms with van der Waals surface area (Å²) in [5, 5.41) is 9.00. The van der Waals surface area contributed by atoms with Gasteiger partial charge in [0.15, 0.2) is 0 Å². The van der Waals surface area contributed by atoms with Crippen LogP contribution in [0.15, 0.2) is 121 Å². The summed E-state index contributed by atoms with van der Waals surface area (Å²) in [6, 6.07) is 43.1. The topological polar surface area (TPSA) is 181 Å². The van der Waals surface area contributed by atoms with Gasteiger partial charge in [0.25, 0.3) is 0 Å². The van der Waals surface area contributed by atoms with Crippen molar-refractivity contribution in [2.45, 2.75) is 224 Å². The Balaban J connectivity index is 0. The first kappa shape index (κ1) is 82.4. The molecule has 1 fully saturated rings. The van der Waals surface area contributed by atoms with E-state index in [9.17, 15) is 18.3 Å². The van der Waals surface area contributed by atoms with Crippen LogP contribution in [0.25, 0.3) is 0 Å². The van der Waals surface area contributed by atoms with Crippen LogP contribution in [0.3, 0.4) is 0 Å². The van der Waals surface area contributed by atoms with Gasteiger partial charge in [0, 0.05) is 31.2 Å². The minimum absolute atomic E-state index is 0. The summed E-state index contributed by atoms with van der Waals surface area (Å²) in [5.41, 5.74) is 3.57. The Labute approximate surface area is 519 Å². The van der Waals surface area contributed by atoms with E-state index in [-0.39, 0.29) is 102 Å². The molecule has 1 heterocycles. The Morgan fingerprint density at radius 2 is 0.732 bits per heavy atom. The van der Waals surface area contributed by atoms with Crippen LogP contribution in [-0.4, -0.2) is 108 Å². The molecule has 0 amide bonds. The van der Waals surface area contributed by atoms with Crippen LogP contribution < -0.4 is 27.7 Å². The van der Waals surface area contributed by atoms with E-state index < -0.39 is 31.0 Å². The van der Waals surface area contributed by atoms with Gasteiger partial charge in [-0.1, -0.05) is 97.9 Å². The van der Waals surface area contributed by atoms with Crippen LogP contribution in [0.5, 0.6) is 0 Å². The normalized spacial score (nSPS) is 15.5. The van der Waals surface area contributed by atoms with Crippen molar-refractivity contribution in [3.05, 3.63) is 144 Å². The summed E-state index contributed by atoms with van der Waals surface area (Å²) < 4.78 is 95.7. The second kappa shape index (κ2) is 43.1. The number of hydrogen-bond acceptors (Lipinski definition) is 12. The standard InChI is InChI=1S/3C15H26NO3P.C9H20NO3P.C6H5.ClH.Mg/c1-12(2)18-20(17,19-13(3)4)16-11-14(5)15-9-7-6-8-10-15;2*1-12(2)18-20(17,19-13(3)4)16-14(5)11-15-9-7-6-8-10-15;1-7(2)12-14(11,13-8(3)4)10-6-9(10)5;1-2-4-6-5-3-1;;/h3*6-10,12-14H,11H2,1-5H3,(H,16,17);7-9H,6H2,1-5H3;1-5H;1H;/q;;;;-1;;+2/p-1/t;2*14-;9-,10?;;;/m.111.../s1. The third-order valence-corrected chi connectivity index (χ3v) is 18.9. The molecule has 22 heteroatoms. The van der Waals surface area contributed by atoms with Crippen LogP contribution in [0.1, 0.15) is 161 Å². The third kappa shape index (κ3) is 40.0. The molecule has 0 aromatic heterocycles. The molecule has 1 saturated heterocycles. The molecule has 4 aromatic carbocycles. The Kier molecular flexibility index (Phi) is 43.3. The van der Waals surface area contributed by atoms with Crippen LogP contribution in [0.4, 0.5) is 0 Å². The van der Waals surface area contributed by atoms with Crippen molar-refractivity contribution >= 4 is 54.0 Å². The third-order valence-electron chi connectivity index (χ3n) is 10.0. The van der Waals surface area contributed by atoms with E-state index >= 15 is 0 Å². The van der Waals surface area contributed by atoms with Crippen molar-refractivity contribution in [1.82, 2.24) is 19.9 Å². The van der Waals surface area contributed by atoms with E-state index in [1.54, 1.807) is 4.67 Å². The fourth-order valence-corrected chi connectivity index (χ4v) is 15.1. The molecule has 0 aliphatic carbocycles. The summed E-state index contributed by atoms with van der Waals surface area (Å²) in [5.74, 6) is 0.232. The fourth-order valence-electron chi connectivity index (χ4n) is 7.24. The van der Waals surface area contributed by atoms with Crippen LogP contribution in [0.2, 0.25) is 0 Å². The van der Waals surface area contributed by atoms with E-state index in [0.29, 0.717) is 12.6 Å². The number of halogens is 1. The SMILES string of the molecule is CC(C)OP(=O)(NCC(C)c1ccccc1)OC(C)C.CC(C)OP(=O)(N[C@H](C)Cc1ccccc1)OC(C)C.CC(C)OP(=O)(N[C@H](C)Cc1ccccc1)OC(C)C.CC(C)OP(=O)(OC(C)C)N1C[C@H]1C.[Cl-].[Mg+2].[c-]1ccccc1. The van der Waals surface area contributed by atoms with Gasteiger partial charge in [-0.25, -0.2) is 38.2 Å². The summed E-state index contributed by atoms with van der Waals surface area (Å²) in [6.45, 7) is 39.0. The maximum absolute atomic E-state index is 12.7. The Morgan fingerprint density at radius 3 is 0.988 bits per heavy atom. The van der Waals surface area contributed by atoms with Crippen molar-refractivity contribution in [2.75, 3.05) is 13.1 Å². The average molecular weight is 1260 g/mol. The van der Waals surface area contributed by atoms with Gasteiger partial charge in [-0.15, -0.1) is 0 Å². The first-order valence-electron chi connectivity index (χ1n) is 28.3. The van der Waals surface area contributed by atoms with Crippen molar-refractivity contribution in [1.29, 1.82) is 0 Å². The predicted molar refractivity (Wildman–Crippen MR) is 336 cm³/mol. The molecule has 4 aromatic rings. The zero-order valence-electron chi connectivity index (χ0n) is 53.0. The molecule has 16 nitrogen and oxygen atoms in total. The summed E-state index contributed by atoms with van der Waals surface area (Å²) >= 11 is 0. The molecule has 5 rings (SSSR count). The van der Waals surface area contributed by atoms with Crippen LogP contribution >= 0.6 is 31.0 Å². The molecular weight excluding hydrogens is 1150 g/mol. The number of benzene rings is 4. The maximum atomic E-state index is 12.7. The molecule has 464 valence electrons. The minimum Gasteiger partial charge on any atom is -1.00 e. The molecule has 1 aliphatic heterocycles. The second-order valence-corrected chi connectivity index (χ2v) is 28.8. The quantitative estimate of drug-likeness (QED) is 0.0202. The van der Waals surface area contributed by atoms with Gasteiger partial charge in [0.1, 0.15) is 0 Å². The molecule has 0 bridgehead atoms. The van der Waals surface area contributed by atoms with Crippen LogP contribution in [0, 0.1) is 6.07 Å². The van der Waals surface area contributed by atoms with Gasteiger partial charge in [0.05, 0.1) is 48.8 Å². The molecule has 0 spiro atoms. The largest absolute Gasteiger partial charge is 2.00 e. The number of hydrogen-bond donors (Lipinski definition) is 3. The monoisotopic (exact) mass is 1250 g/mol. The van der Waals surface area contributed by atoms with Gasteiger partial charge < -0.3 is 12.4 Å². The van der Waals surface area contributed by atoms with Gasteiger partial charge in [0.2, 0.25) is 0 Å². The molecule has 5 atom stereocenters. The Bertz CT molecular complexity index is 2240. The smallest absolute Gasteiger partial charge is 1.00 e.